The molecule has 0 heterocycles. The zero-order valence-electron chi connectivity index (χ0n) is 18.5. The molecule has 0 saturated heterocycles. The van der Waals surface area contributed by atoms with Gasteiger partial charge in [-0.25, -0.2) is 9.59 Å². The SMILES string of the molecule is COC(=O)c1cc(C(C)(C)C)cc(C(=O)OC)c1N(c1ccccc1)c1ccccc1. The molecule has 3 rings (SSSR count). The topological polar surface area (TPSA) is 55.8 Å². The van der Waals surface area contributed by atoms with Crippen LogP contribution >= 0.6 is 0 Å². The van der Waals surface area contributed by atoms with Crippen molar-refractivity contribution in [2.75, 3.05) is 19.1 Å². The molecule has 0 bridgehead atoms. The average molecular weight is 418 g/mol. The second-order valence-electron chi connectivity index (χ2n) is 8.16. The van der Waals surface area contributed by atoms with Crippen LogP contribution in [0.2, 0.25) is 0 Å². The van der Waals surface area contributed by atoms with Gasteiger partial charge in [-0.3, -0.25) is 0 Å². The minimum Gasteiger partial charge on any atom is -0.465 e. The third-order valence-electron chi connectivity index (χ3n) is 5.04. The van der Waals surface area contributed by atoms with Crippen molar-refractivity contribution in [2.45, 2.75) is 26.2 Å². The van der Waals surface area contributed by atoms with Crippen LogP contribution in [0.3, 0.4) is 0 Å². The smallest absolute Gasteiger partial charge is 0.340 e. The third-order valence-corrected chi connectivity index (χ3v) is 5.04. The molecule has 5 heteroatoms. The number of para-hydroxylation sites is 2. The van der Waals surface area contributed by atoms with Crippen LogP contribution in [0.25, 0.3) is 0 Å². The van der Waals surface area contributed by atoms with E-state index in [1.807, 2.05) is 86.3 Å². The Bertz CT molecular complexity index is 993. The first kappa shape index (κ1) is 22.1. The van der Waals surface area contributed by atoms with E-state index < -0.39 is 11.9 Å². The Balaban J connectivity index is 2.44. The van der Waals surface area contributed by atoms with Crippen molar-refractivity contribution < 1.29 is 19.1 Å². The van der Waals surface area contributed by atoms with Crippen molar-refractivity contribution in [1.82, 2.24) is 0 Å². The van der Waals surface area contributed by atoms with Crippen molar-refractivity contribution >= 4 is 29.0 Å². The number of benzene rings is 3. The highest BCUT2D eigenvalue weighted by Crippen LogP contribution is 2.41. The maximum Gasteiger partial charge on any atom is 0.340 e. The molecule has 0 atom stereocenters. The van der Waals surface area contributed by atoms with Crippen molar-refractivity contribution in [3.8, 4) is 0 Å². The van der Waals surface area contributed by atoms with E-state index in [9.17, 15) is 9.59 Å². The number of hydrogen-bond acceptors (Lipinski definition) is 5. The summed E-state index contributed by atoms with van der Waals surface area (Å²) in [5.74, 6) is -1.05. The van der Waals surface area contributed by atoms with Crippen LogP contribution in [-0.4, -0.2) is 26.2 Å². The molecule has 0 spiro atoms. The fourth-order valence-electron chi connectivity index (χ4n) is 3.40. The molecule has 31 heavy (non-hydrogen) atoms. The summed E-state index contributed by atoms with van der Waals surface area (Å²) >= 11 is 0. The van der Waals surface area contributed by atoms with Crippen molar-refractivity contribution in [1.29, 1.82) is 0 Å². The molecular formula is C26H27NO4. The van der Waals surface area contributed by atoms with Gasteiger partial charge in [0, 0.05) is 11.4 Å². The predicted octanol–water partition coefficient (Wildman–Crippen LogP) is 6.03. The lowest BCUT2D eigenvalue weighted by molar-refractivity contribution is 0.0601. The fourth-order valence-corrected chi connectivity index (χ4v) is 3.40. The van der Waals surface area contributed by atoms with Crippen molar-refractivity contribution in [3.63, 3.8) is 0 Å². The summed E-state index contributed by atoms with van der Waals surface area (Å²) in [5, 5.41) is 0. The van der Waals surface area contributed by atoms with E-state index in [0.29, 0.717) is 16.8 Å². The Morgan fingerprint density at radius 1 is 0.710 bits per heavy atom. The van der Waals surface area contributed by atoms with Gasteiger partial charge in [0.1, 0.15) is 0 Å². The number of carbonyl (C=O) groups is 2. The van der Waals surface area contributed by atoms with Crippen LogP contribution in [0.1, 0.15) is 47.1 Å². The number of ether oxygens (including phenoxy) is 2. The molecule has 0 aromatic heterocycles. The lowest BCUT2D eigenvalue weighted by Gasteiger charge is -2.30. The van der Waals surface area contributed by atoms with Crippen molar-refractivity contribution in [2.24, 2.45) is 0 Å². The lowest BCUT2D eigenvalue weighted by atomic mass is 9.84. The Hall–Kier alpha value is -3.60. The molecule has 0 unspecified atom stereocenters. The molecule has 160 valence electrons. The standard InChI is InChI=1S/C26H27NO4/c1-26(2,3)18-16-21(24(28)30-4)23(22(17-18)25(29)31-5)27(19-12-8-6-9-13-19)20-14-10-7-11-15-20/h6-17H,1-5H3. The van der Waals surface area contributed by atoms with Crippen LogP contribution in [0.4, 0.5) is 17.1 Å². The van der Waals surface area contributed by atoms with E-state index in [1.54, 1.807) is 12.1 Å². The van der Waals surface area contributed by atoms with Gasteiger partial charge in [0.25, 0.3) is 0 Å². The number of methoxy groups -OCH3 is 2. The summed E-state index contributed by atoms with van der Waals surface area (Å²) in [4.78, 5) is 27.8. The molecule has 0 fully saturated rings. The molecule has 0 N–H and O–H groups in total. The van der Waals surface area contributed by atoms with Gasteiger partial charge < -0.3 is 14.4 Å². The number of esters is 2. The maximum absolute atomic E-state index is 12.9. The average Bonchev–Trinajstić information content (AvgIpc) is 2.78. The number of carbonyl (C=O) groups excluding carboxylic acids is 2. The van der Waals surface area contributed by atoms with Crippen LogP contribution < -0.4 is 4.90 Å². The molecule has 0 amide bonds. The molecular weight excluding hydrogens is 390 g/mol. The van der Waals surface area contributed by atoms with E-state index >= 15 is 0 Å². The van der Waals surface area contributed by atoms with E-state index in [-0.39, 0.29) is 5.41 Å². The molecule has 3 aromatic carbocycles. The second kappa shape index (κ2) is 9.04. The highest BCUT2D eigenvalue weighted by atomic mass is 16.5. The molecule has 0 aliphatic rings. The largest absolute Gasteiger partial charge is 0.465 e. The highest BCUT2D eigenvalue weighted by molar-refractivity contribution is 6.07. The summed E-state index contributed by atoms with van der Waals surface area (Å²) in [6.07, 6.45) is 0. The number of hydrogen-bond donors (Lipinski definition) is 0. The second-order valence-corrected chi connectivity index (χ2v) is 8.16. The van der Waals surface area contributed by atoms with E-state index in [2.05, 4.69) is 0 Å². The molecule has 0 radical (unpaired) electrons. The zero-order valence-corrected chi connectivity index (χ0v) is 18.5. The Morgan fingerprint density at radius 2 is 1.10 bits per heavy atom. The van der Waals surface area contributed by atoms with Gasteiger partial charge in [-0.1, -0.05) is 57.2 Å². The van der Waals surface area contributed by atoms with E-state index in [0.717, 1.165) is 16.9 Å². The molecule has 0 saturated carbocycles. The van der Waals surface area contributed by atoms with E-state index in [1.165, 1.54) is 14.2 Å². The summed E-state index contributed by atoms with van der Waals surface area (Å²) in [6, 6.07) is 22.7. The fraction of sp³-hybridized carbons (Fsp3) is 0.231. The van der Waals surface area contributed by atoms with Crippen molar-refractivity contribution in [3.05, 3.63) is 89.5 Å². The number of rotatable bonds is 5. The molecule has 0 aliphatic heterocycles. The zero-order chi connectivity index (χ0) is 22.6. The molecule has 3 aromatic rings. The number of nitrogens with zero attached hydrogens (tertiary/aromatic N) is 1. The first-order valence-electron chi connectivity index (χ1n) is 10.0. The monoisotopic (exact) mass is 417 g/mol. The quantitative estimate of drug-likeness (QED) is 0.475. The van der Waals surface area contributed by atoms with Gasteiger partial charge in [0.15, 0.2) is 0 Å². The summed E-state index contributed by atoms with van der Waals surface area (Å²) in [7, 11) is 2.67. The Labute approximate surface area is 183 Å². The summed E-state index contributed by atoms with van der Waals surface area (Å²) in [6.45, 7) is 6.07. The van der Waals surface area contributed by atoms with Gasteiger partial charge in [-0.15, -0.1) is 0 Å². The molecule has 0 aliphatic carbocycles. The van der Waals surface area contributed by atoms with Crippen LogP contribution in [0, 0.1) is 0 Å². The maximum atomic E-state index is 12.9. The Kier molecular flexibility index (Phi) is 6.44. The highest BCUT2D eigenvalue weighted by Gasteiger charge is 2.30. The van der Waals surface area contributed by atoms with Gasteiger partial charge in [-0.2, -0.15) is 0 Å². The normalized spacial score (nSPS) is 11.0. The lowest BCUT2D eigenvalue weighted by Crippen LogP contribution is -2.22. The van der Waals surface area contributed by atoms with Crippen LogP contribution in [0.15, 0.2) is 72.8 Å². The van der Waals surface area contributed by atoms with Crippen LogP contribution in [0.5, 0.6) is 0 Å². The van der Waals surface area contributed by atoms with Gasteiger partial charge in [0.05, 0.1) is 31.0 Å². The first-order valence-corrected chi connectivity index (χ1v) is 10.0. The Morgan fingerprint density at radius 3 is 1.42 bits per heavy atom. The summed E-state index contributed by atoms with van der Waals surface area (Å²) < 4.78 is 10.2. The summed E-state index contributed by atoms with van der Waals surface area (Å²) in [5.41, 5.74) is 3.14. The van der Waals surface area contributed by atoms with Gasteiger partial charge in [0.2, 0.25) is 0 Å². The molecule has 5 nitrogen and oxygen atoms in total. The van der Waals surface area contributed by atoms with Crippen LogP contribution in [-0.2, 0) is 14.9 Å². The minimum atomic E-state index is -0.525. The third kappa shape index (κ3) is 4.61. The van der Waals surface area contributed by atoms with E-state index in [4.69, 9.17) is 9.47 Å². The minimum absolute atomic E-state index is 0.294. The van der Waals surface area contributed by atoms with Gasteiger partial charge >= 0.3 is 11.9 Å². The first-order chi connectivity index (χ1) is 14.8. The predicted molar refractivity (Wildman–Crippen MR) is 123 cm³/mol. The number of anilines is 3. The van der Waals surface area contributed by atoms with Gasteiger partial charge in [-0.05, 0) is 47.4 Å².